The zero-order chi connectivity index (χ0) is 11.4. The van der Waals surface area contributed by atoms with Crippen LogP contribution in [0.2, 0.25) is 0 Å². The summed E-state index contributed by atoms with van der Waals surface area (Å²) in [6, 6.07) is 17.8. The molecule has 0 unspecified atom stereocenters. The highest BCUT2D eigenvalue weighted by Crippen LogP contribution is 2.41. The summed E-state index contributed by atoms with van der Waals surface area (Å²) < 4.78 is 12.6. The Labute approximate surface area is 94.5 Å². The molecular weight excluding hydrogens is 217 g/mol. The number of benzene rings is 2. The molecule has 0 fully saturated rings. The monoisotopic (exact) mass is 227 g/mol. The topological polar surface area (TPSA) is 40.9 Å². The van der Waals surface area contributed by atoms with E-state index in [9.17, 15) is 9.83 Å². The molecule has 0 N–H and O–H groups in total. The molecule has 0 aliphatic carbocycles. The van der Waals surface area contributed by atoms with Gasteiger partial charge in [-0.25, -0.2) is 0 Å². The van der Waals surface area contributed by atoms with Crippen LogP contribution in [0.3, 0.4) is 0 Å². The van der Waals surface area contributed by atoms with Gasteiger partial charge in [0.1, 0.15) is 5.81 Å². The summed E-state index contributed by atoms with van der Waals surface area (Å²) in [5.41, 5.74) is 0. The van der Waals surface area contributed by atoms with Crippen molar-refractivity contribution in [3.63, 3.8) is 0 Å². The van der Waals surface area contributed by atoms with E-state index < -0.39 is 7.14 Å². The Bertz CT molecular complexity index is 514. The van der Waals surface area contributed by atoms with Crippen molar-refractivity contribution in [2.24, 2.45) is 0 Å². The molecular formula is C13H10NOP. The van der Waals surface area contributed by atoms with E-state index in [-0.39, 0.29) is 0 Å². The van der Waals surface area contributed by atoms with Gasteiger partial charge in [0, 0.05) is 10.6 Å². The highest BCUT2D eigenvalue weighted by molar-refractivity contribution is 7.82. The van der Waals surface area contributed by atoms with E-state index in [1.165, 1.54) is 0 Å². The molecule has 0 aliphatic heterocycles. The predicted molar refractivity (Wildman–Crippen MR) is 65.4 cm³/mol. The highest BCUT2D eigenvalue weighted by Gasteiger charge is 2.26. The van der Waals surface area contributed by atoms with E-state index in [2.05, 4.69) is 0 Å². The van der Waals surface area contributed by atoms with Crippen LogP contribution >= 0.6 is 7.14 Å². The lowest BCUT2D eigenvalue weighted by molar-refractivity contribution is 0.592. The molecule has 2 aromatic rings. The van der Waals surface area contributed by atoms with Crippen molar-refractivity contribution in [3.05, 3.63) is 60.7 Å². The third-order valence-corrected chi connectivity index (χ3v) is 4.71. The molecule has 0 saturated carbocycles. The Morgan fingerprint density at radius 3 is 1.50 bits per heavy atom. The van der Waals surface area contributed by atoms with Gasteiger partial charge in [-0.2, -0.15) is 5.26 Å². The van der Waals surface area contributed by atoms with E-state index >= 15 is 0 Å². The third-order valence-electron chi connectivity index (χ3n) is 2.38. The molecule has 0 heterocycles. The van der Waals surface area contributed by atoms with E-state index in [4.69, 9.17) is 0 Å². The van der Waals surface area contributed by atoms with E-state index in [0.29, 0.717) is 10.6 Å². The number of hydrogen-bond donors (Lipinski definition) is 0. The van der Waals surface area contributed by atoms with E-state index in [1.807, 2.05) is 17.9 Å². The van der Waals surface area contributed by atoms with Crippen molar-refractivity contribution >= 4 is 17.8 Å². The lowest BCUT2D eigenvalue weighted by atomic mass is 10.4. The van der Waals surface area contributed by atoms with Crippen LogP contribution < -0.4 is 10.6 Å². The Morgan fingerprint density at radius 2 is 1.19 bits per heavy atom. The van der Waals surface area contributed by atoms with Crippen molar-refractivity contribution < 1.29 is 4.57 Å². The molecule has 0 amide bonds. The van der Waals surface area contributed by atoms with Gasteiger partial charge in [0.05, 0.1) is 0 Å². The molecule has 2 rings (SSSR count). The largest absolute Gasteiger partial charge is 0.298 e. The highest BCUT2D eigenvalue weighted by atomic mass is 31.2. The first-order chi connectivity index (χ1) is 7.77. The fourth-order valence-electron chi connectivity index (χ4n) is 1.54. The first-order valence-corrected chi connectivity index (χ1v) is 6.61. The summed E-state index contributed by atoms with van der Waals surface area (Å²) in [6.45, 7) is 0. The van der Waals surface area contributed by atoms with Gasteiger partial charge >= 0.3 is 0 Å². The van der Waals surface area contributed by atoms with Gasteiger partial charge in [-0.05, 0) is 0 Å². The van der Waals surface area contributed by atoms with Gasteiger partial charge in [-0.3, -0.25) is 4.57 Å². The first kappa shape index (κ1) is 10.7. The zero-order valence-electron chi connectivity index (χ0n) is 8.58. The number of rotatable bonds is 2. The summed E-state index contributed by atoms with van der Waals surface area (Å²) in [7, 11) is -3.10. The average molecular weight is 227 g/mol. The second kappa shape index (κ2) is 4.35. The summed E-state index contributed by atoms with van der Waals surface area (Å²) in [6.07, 6.45) is 0. The van der Waals surface area contributed by atoms with E-state index in [1.54, 1.807) is 48.5 Å². The van der Waals surface area contributed by atoms with Gasteiger partial charge < -0.3 is 0 Å². The van der Waals surface area contributed by atoms with Gasteiger partial charge in [-0.15, -0.1) is 0 Å². The normalized spacial score (nSPS) is 10.7. The second-order valence-electron chi connectivity index (χ2n) is 3.38. The molecule has 0 bridgehead atoms. The Hall–Kier alpha value is -1.84. The Balaban J connectivity index is 2.60. The standard InChI is InChI=1S/C13H10NOP/c14-11-16(15,12-7-3-1-4-8-12)13-9-5-2-6-10-13/h1-10H. The number of hydrogen-bond acceptors (Lipinski definition) is 2. The Kier molecular flexibility index (Phi) is 2.90. The van der Waals surface area contributed by atoms with Crippen molar-refractivity contribution in [1.82, 2.24) is 0 Å². The van der Waals surface area contributed by atoms with Gasteiger partial charge in [0.25, 0.3) is 0 Å². The Morgan fingerprint density at radius 1 is 0.812 bits per heavy atom. The van der Waals surface area contributed by atoms with Gasteiger partial charge in [0.15, 0.2) is 0 Å². The molecule has 2 aromatic carbocycles. The minimum absolute atomic E-state index is 0.587. The van der Waals surface area contributed by atoms with Gasteiger partial charge in [-0.1, -0.05) is 60.7 Å². The lowest BCUT2D eigenvalue weighted by Gasteiger charge is -2.10. The summed E-state index contributed by atoms with van der Waals surface area (Å²) in [4.78, 5) is 0. The van der Waals surface area contributed by atoms with Crippen molar-refractivity contribution in [3.8, 4) is 5.81 Å². The van der Waals surface area contributed by atoms with Crippen LogP contribution in [-0.4, -0.2) is 0 Å². The minimum atomic E-state index is -3.10. The van der Waals surface area contributed by atoms with Crippen LogP contribution in [0.1, 0.15) is 0 Å². The van der Waals surface area contributed by atoms with Crippen molar-refractivity contribution in [2.45, 2.75) is 0 Å². The minimum Gasteiger partial charge on any atom is -0.298 e. The van der Waals surface area contributed by atoms with Crippen LogP contribution in [0.25, 0.3) is 0 Å². The van der Waals surface area contributed by atoms with Crippen LogP contribution in [0.15, 0.2) is 60.7 Å². The molecule has 0 saturated heterocycles. The second-order valence-corrected chi connectivity index (χ2v) is 5.83. The quantitative estimate of drug-likeness (QED) is 0.739. The molecule has 0 atom stereocenters. The molecule has 0 aliphatic rings. The van der Waals surface area contributed by atoms with E-state index in [0.717, 1.165) is 0 Å². The molecule has 16 heavy (non-hydrogen) atoms. The maximum Gasteiger partial charge on any atom is 0.236 e. The fraction of sp³-hybridized carbons (Fsp3) is 0. The zero-order valence-corrected chi connectivity index (χ0v) is 9.47. The van der Waals surface area contributed by atoms with Crippen LogP contribution in [0.4, 0.5) is 0 Å². The molecule has 3 heteroatoms. The van der Waals surface area contributed by atoms with Gasteiger partial charge in [0.2, 0.25) is 7.14 Å². The molecule has 2 nitrogen and oxygen atoms in total. The fourth-order valence-corrected chi connectivity index (χ4v) is 3.25. The number of nitrogens with zero attached hydrogens (tertiary/aromatic N) is 1. The summed E-state index contributed by atoms with van der Waals surface area (Å²) in [5.74, 6) is 1.97. The van der Waals surface area contributed by atoms with Crippen molar-refractivity contribution in [1.29, 1.82) is 5.26 Å². The third kappa shape index (κ3) is 1.78. The average Bonchev–Trinajstić information content (AvgIpc) is 2.40. The lowest BCUT2D eigenvalue weighted by Crippen LogP contribution is -2.13. The van der Waals surface area contributed by atoms with Crippen LogP contribution in [0, 0.1) is 11.1 Å². The maximum absolute atomic E-state index is 12.6. The predicted octanol–water partition coefficient (Wildman–Crippen LogP) is 2.48. The van der Waals surface area contributed by atoms with Crippen LogP contribution in [-0.2, 0) is 4.57 Å². The molecule has 0 spiro atoms. The smallest absolute Gasteiger partial charge is 0.236 e. The molecule has 78 valence electrons. The number of nitriles is 1. The first-order valence-electron chi connectivity index (χ1n) is 4.90. The summed E-state index contributed by atoms with van der Waals surface area (Å²) in [5, 5.41) is 10.4. The summed E-state index contributed by atoms with van der Waals surface area (Å²) >= 11 is 0. The molecule has 0 radical (unpaired) electrons. The van der Waals surface area contributed by atoms with Crippen molar-refractivity contribution in [2.75, 3.05) is 0 Å². The SMILES string of the molecule is N#CP(=O)(c1ccccc1)c1ccccc1. The maximum atomic E-state index is 12.6. The van der Waals surface area contributed by atoms with Crippen LogP contribution in [0.5, 0.6) is 0 Å². The molecule has 0 aromatic heterocycles.